The summed E-state index contributed by atoms with van der Waals surface area (Å²) in [6, 6.07) is 6.89. The molecule has 0 saturated carbocycles. The molecule has 0 bridgehead atoms. The van der Waals surface area contributed by atoms with Crippen molar-refractivity contribution in [2.45, 2.75) is 32.3 Å². The van der Waals surface area contributed by atoms with Crippen LogP contribution >= 0.6 is 0 Å². The van der Waals surface area contributed by atoms with Crippen LogP contribution in [0, 0.1) is 11.8 Å². The molecule has 1 fully saturated rings. The van der Waals surface area contributed by atoms with E-state index in [9.17, 15) is 19.2 Å². The molecule has 1 aliphatic heterocycles. The van der Waals surface area contributed by atoms with Gasteiger partial charge in [-0.3, -0.25) is 24.1 Å². The van der Waals surface area contributed by atoms with Crippen LogP contribution < -0.4 is 5.56 Å². The quantitative estimate of drug-likeness (QED) is 0.470. The number of nitrogens with one attached hydrogen (secondary N) is 1. The van der Waals surface area contributed by atoms with Gasteiger partial charge < -0.3 is 9.72 Å². The van der Waals surface area contributed by atoms with Crippen LogP contribution in [0.4, 0.5) is 0 Å². The van der Waals surface area contributed by atoms with Crippen molar-refractivity contribution >= 4 is 28.7 Å². The minimum absolute atomic E-state index is 0.00209. The summed E-state index contributed by atoms with van der Waals surface area (Å²) in [6.07, 6.45) is 4.10. The number of hydrogen-bond acceptors (Lipinski definition) is 6. The number of nitrogens with zero attached hydrogens (tertiary/aromatic N) is 2. The first-order chi connectivity index (χ1) is 14.0. The van der Waals surface area contributed by atoms with E-state index in [0.29, 0.717) is 23.7 Å². The van der Waals surface area contributed by atoms with E-state index < -0.39 is 12.1 Å². The Morgan fingerprint density at radius 2 is 1.83 bits per heavy atom. The van der Waals surface area contributed by atoms with Gasteiger partial charge in [-0.1, -0.05) is 24.3 Å². The zero-order chi connectivity index (χ0) is 20.5. The third kappa shape index (κ3) is 3.57. The summed E-state index contributed by atoms with van der Waals surface area (Å²) in [4.78, 5) is 57.4. The number of benzene rings is 1. The minimum atomic E-state index is -0.767. The Labute approximate surface area is 166 Å². The summed E-state index contributed by atoms with van der Waals surface area (Å²) in [5.74, 6) is -1.38. The lowest BCUT2D eigenvalue weighted by molar-refractivity contribution is -0.150. The molecule has 8 nitrogen and oxygen atoms in total. The fourth-order valence-electron chi connectivity index (χ4n) is 3.90. The molecule has 0 radical (unpaired) electrons. The molecule has 0 spiro atoms. The number of H-pyrrole nitrogens is 1. The number of carbonyl (C=O) groups is 3. The van der Waals surface area contributed by atoms with Crippen LogP contribution in [0.15, 0.2) is 41.2 Å². The number of amides is 2. The maximum atomic E-state index is 12.4. The number of imide groups is 1. The van der Waals surface area contributed by atoms with E-state index in [1.165, 1.54) is 4.90 Å². The number of fused-ring (bicyclic) bond motifs is 2. The lowest BCUT2D eigenvalue weighted by Gasteiger charge is -2.16. The molecule has 2 heterocycles. The number of rotatable bonds is 5. The van der Waals surface area contributed by atoms with Gasteiger partial charge >= 0.3 is 5.97 Å². The topological polar surface area (TPSA) is 109 Å². The monoisotopic (exact) mass is 395 g/mol. The molecule has 1 saturated heterocycles. The van der Waals surface area contributed by atoms with Crippen LogP contribution in [0.3, 0.4) is 0 Å². The molecule has 0 unspecified atom stereocenters. The predicted octanol–water partition coefficient (Wildman–Crippen LogP) is 1.87. The highest BCUT2D eigenvalue weighted by Gasteiger charge is 2.46. The van der Waals surface area contributed by atoms with Crippen molar-refractivity contribution in [2.75, 3.05) is 6.54 Å². The summed E-state index contributed by atoms with van der Waals surface area (Å²) >= 11 is 0. The van der Waals surface area contributed by atoms with Gasteiger partial charge in [0.15, 0.2) is 11.9 Å². The molecule has 2 aromatic rings. The van der Waals surface area contributed by atoms with Gasteiger partial charge in [-0.2, -0.15) is 0 Å². The second-order valence-corrected chi connectivity index (χ2v) is 7.33. The second kappa shape index (κ2) is 7.62. The zero-order valence-electron chi connectivity index (χ0n) is 16.0. The van der Waals surface area contributed by atoms with Crippen LogP contribution in [-0.4, -0.2) is 39.2 Å². The van der Waals surface area contributed by atoms with Gasteiger partial charge in [0.05, 0.1) is 29.2 Å². The number of para-hydroxylation sites is 1. The minimum Gasteiger partial charge on any atom is -0.454 e. The first-order valence-electron chi connectivity index (χ1n) is 9.64. The van der Waals surface area contributed by atoms with Gasteiger partial charge in [0.25, 0.3) is 5.56 Å². The van der Waals surface area contributed by atoms with Gasteiger partial charge in [0.1, 0.15) is 0 Å². The summed E-state index contributed by atoms with van der Waals surface area (Å²) < 4.78 is 5.36. The van der Waals surface area contributed by atoms with E-state index in [1.807, 2.05) is 12.2 Å². The number of carbonyl (C=O) groups excluding carboxylic acids is 3. The number of esters is 1. The predicted molar refractivity (Wildman–Crippen MR) is 104 cm³/mol. The van der Waals surface area contributed by atoms with Crippen molar-refractivity contribution < 1.29 is 19.1 Å². The summed E-state index contributed by atoms with van der Waals surface area (Å²) in [7, 11) is 0. The highest BCUT2D eigenvalue weighted by atomic mass is 16.5. The largest absolute Gasteiger partial charge is 0.454 e. The third-order valence-electron chi connectivity index (χ3n) is 5.46. The molecule has 2 amide bonds. The Morgan fingerprint density at radius 3 is 2.52 bits per heavy atom. The zero-order valence-corrected chi connectivity index (χ0v) is 16.0. The van der Waals surface area contributed by atoms with Gasteiger partial charge in [-0.15, -0.1) is 0 Å². The fourth-order valence-corrected chi connectivity index (χ4v) is 3.90. The standard InChI is InChI=1S/C21H21N3O5/c1-12(18-22-16-9-5-4-8-15(16)19(26)23-18)29-17(25)10-11-24-20(27)13-6-2-3-7-14(13)21(24)28/h2-5,8-9,12-14H,6-7,10-11H2,1H3,(H,22,23,26)/t12-,13+,14+/m0/s1. The molecule has 3 atom stereocenters. The molecule has 4 rings (SSSR count). The normalized spacial score (nSPS) is 22.0. The number of likely N-dealkylation sites (tertiary alicyclic amines) is 1. The van der Waals surface area contributed by atoms with E-state index in [2.05, 4.69) is 9.97 Å². The number of hydrogen-bond donors (Lipinski definition) is 1. The van der Waals surface area contributed by atoms with E-state index >= 15 is 0 Å². The van der Waals surface area contributed by atoms with E-state index in [-0.39, 0.29) is 48.0 Å². The first kappa shape index (κ1) is 19.0. The lowest BCUT2D eigenvalue weighted by atomic mass is 9.85. The molecule has 29 heavy (non-hydrogen) atoms. The first-order valence-corrected chi connectivity index (χ1v) is 9.64. The summed E-state index contributed by atoms with van der Waals surface area (Å²) in [5.41, 5.74) is 0.205. The molecule has 1 aliphatic carbocycles. The number of aromatic nitrogens is 2. The van der Waals surface area contributed by atoms with Crippen molar-refractivity contribution in [3.05, 3.63) is 52.6 Å². The molecular weight excluding hydrogens is 374 g/mol. The average Bonchev–Trinajstić information content (AvgIpc) is 2.97. The Morgan fingerprint density at radius 1 is 1.17 bits per heavy atom. The SMILES string of the molecule is C[C@H](OC(=O)CCN1C(=O)[C@@H]2CC=CC[C@H]2C1=O)c1nc2ccccc2c(=O)[nH]1. The Kier molecular flexibility index (Phi) is 5.00. The van der Waals surface area contributed by atoms with E-state index in [4.69, 9.17) is 4.74 Å². The second-order valence-electron chi connectivity index (χ2n) is 7.33. The third-order valence-corrected chi connectivity index (χ3v) is 5.46. The molecule has 1 aromatic carbocycles. The summed E-state index contributed by atoms with van der Waals surface area (Å²) in [5, 5.41) is 0.455. The van der Waals surface area contributed by atoms with Crippen molar-refractivity contribution in [1.29, 1.82) is 0 Å². The summed E-state index contributed by atoms with van der Waals surface area (Å²) in [6.45, 7) is 1.61. The van der Waals surface area contributed by atoms with Crippen molar-refractivity contribution in [3.8, 4) is 0 Å². The Hall–Kier alpha value is -3.29. The van der Waals surface area contributed by atoms with Crippen LogP contribution in [0.2, 0.25) is 0 Å². The van der Waals surface area contributed by atoms with Crippen LogP contribution in [-0.2, 0) is 19.1 Å². The number of aromatic amines is 1. The maximum Gasteiger partial charge on any atom is 0.308 e. The molecule has 1 N–H and O–H groups in total. The van der Waals surface area contributed by atoms with Crippen LogP contribution in [0.1, 0.15) is 38.1 Å². The number of allylic oxidation sites excluding steroid dienone is 2. The van der Waals surface area contributed by atoms with Crippen molar-refractivity contribution in [1.82, 2.24) is 14.9 Å². The van der Waals surface area contributed by atoms with Crippen LogP contribution in [0.25, 0.3) is 10.9 Å². The molecule has 150 valence electrons. The Balaban J connectivity index is 1.38. The highest BCUT2D eigenvalue weighted by Crippen LogP contribution is 2.35. The molecular formula is C21H21N3O5. The Bertz CT molecular complexity index is 1050. The molecule has 8 heteroatoms. The highest BCUT2D eigenvalue weighted by molar-refractivity contribution is 6.05. The average molecular weight is 395 g/mol. The lowest BCUT2D eigenvalue weighted by Crippen LogP contribution is -2.33. The smallest absolute Gasteiger partial charge is 0.308 e. The van der Waals surface area contributed by atoms with E-state index in [0.717, 1.165) is 0 Å². The van der Waals surface area contributed by atoms with E-state index in [1.54, 1.807) is 31.2 Å². The maximum absolute atomic E-state index is 12.4. The van der Waals surface area contributed by atoms with Gasteiger partial charge in [-0.25, -0.2) is 4.98 Å². The molecule has 1 aromatic heterocycles. The van der Waals surface area contributed by atoms with Crippen molar-refractivity contribution in [2.24, 2.45) is 11.8 Å². The molecule has 2 aliphatic rings. The fraction of sp³-hybridized carbons (Fsp3) is 0.381. The van der Waals surface area contributed by atoms with Crippen LogP contribution in [0.5, 0.6) is 0 Å². The van der Waals surface area contributed by atoms with Crippen molar-refractivity contribution in [3.63, 3.8) is 0 Å². The van der Waals surface area contributed by atoms with Gasteiger partial charge in [0, 0.05) is 6.54 Å². The van der Waals surface area contributed by atoms with Gasteiger partial charge in [-0.05, 0) is 31.9 Å². The number of ether oxygens (including phenoxy) is 1. The van der Waals surface area contributed by atoms with Gasteiger partial charge in [0.2, 0.25) is 11.8 Å².